The third-order valence-corrected chi connectivity index (χ3v) is 6.01. The second-order valence-electron chi connectivity index (χ2n) is 5.30. The summed E-state index contributed by atoms with van der Waals surface area (Å²) in [6.07, 6.45) is -4.03. The molecular weight excluding hydrogens is 377 g/mol. The first-order valence-corrected chi connectivity index (χ1v) is 10.3. The van der Waals surface area contributed by atoms with Gasteiger partial charge in [0.1, 0.15) is 0 Å². The van der Waals surface area contributed by atoms with Crippen LogP contribution in [0.3, 0.4) is 0 Å². The highest BCUT2D eigenvalue weighted by Gasteiger charge is 2.31. The molecule has 142 valence electrons. The number of hydrogen-bond donors (Lipinski definition) is 1. The molecule has 0 bridgehead atoms. The Morgan fingerprint density at radius 2 is 2.00 bits per heavy atom. The van der Waals surface area contributed by atoms with Gasteiger partial charge in [-0.05, 0) is 29.6 Å². The number of amides is 1. The Kier molecular flexibility index (Phi) is 8.23. The summed E-state index contributed by atoms with van der Waals surface area (Å²) in [7, 11) is -3.96. The van der Waals surface area contributed by atoms with Crippen LogP contribution >= 0.6 is 11.8 Å². The van der Waals surface area contributed by atoms with E-state index in [1.165, 1.54) is 6.07 Å². The zero-order chi connectivity index (χ0) is 19.1. The summed E-state index contributed by atoms with van der Waals surface area (Å²) in [6, 6.07) is 4.14. The molecule has 1 aromatic rings. The van der Waals surface area contributed by atoms with Crippen LogP contribution in [0.1, 0.15) is 24.5 Å². The van der Waals surface area contributed by atoms with Gasteiger partial charge in [0.2, 0.25) is 15.9 Å². The number of carbonyl (C=O) groups is 1. The molecule has 0 aliphatic carbocycles. The van der Waals surface area contributed by atoms with Crippen molar-refractivity contribution in [3.05, 3.63) is 35.4 Å². The van der Waals surface area contributed by atoms with Crippen molar-refractivity contribution in [2.75, 3.05) is 24.6 Å². The quantitative estimate of drug-likeness (QED) is 0.614. The molecule has 0 aliphatic rings. The van der Waals surface area contributed by atoms with Crippen LogP contribution in [0.25, 0.3) is 0 Å². The second-order valence-corrected chi connectivity index (χ2v) is 8.67. The van der Waals surface area contributed by atoms with Gasteiger partial charge in [-0.3, -0.25) is 4.79 Å². The first kappa shape index (κ1) is 21.8. The number of sulfonamides is 1. The van der Waals surface area contributed by atoms with Crippen LogP contribution in [0.15, 0.2) is 24.3 Å². The number of hydrogen-bond acceptors (Lipinski definition) is 4. The van der Waals surface area contributed by atoms with Gasteiger partial charge < -0.3 is 5.73 Å². The minimum Gasteiger partial charge on any atom is -0.369 e. The monoisotopic (exact) mass is 398 g/mol. The van der Waals surface area contributed by atoms with Crippen molar-refractivity contribution in [1.29, 1.82) is 0 Å². The number of benzene rings is 1. The molecule has 0 saturated heterocycles. The summed E-state index contributed by atoms with van der Waals surface area (Å²) in [5, 5.41) is 0. The predicted molar refractivity (Wildman–Crippen MR) is 92.5 cm³/mol. The third-order valence-electron chi connectivity index (χ3n) is 3.23. The van der Waals surface area contributed by atoms with Gasteiger partial charge in [-0.25, -0.2) is 8.42 Å². The summed E-state index contributed by atoms with van der Waals surface area (Å²) in [5.74, 6) is 0.165. The van der Waals surface area contributed by atoms with Crippen LogP contribution in [0.2, 0.25) is 0 Å². The van der Waals surface area contributed by atoms with Crippen molar-refractivity contribution in [2.24, 2.45) is 5.73 Å². The fourth-order valence-corrected chi connectivity index (χ4v) is 4.25. The van der Waals surface area contributed by atoms with Gasteiger partial charge in [0.25, 0.3) is 0 Å². The van der Waals surface area contributed by atoms with Crippen LogP contribution in [0.4, 0.5) is 13.2 Å². The van der Waals surface area contributed by atoms with E-state index in [0.29, 0.717) is 12.2 Å². The maximum Gasteiger partial charge on any atom is 0.416 e. The number of alkyl halides is 3. The number of nitrogens with two attached hydrogens (primary N) is 1. The molecule has 2 N–H and O–H groups in total. The van der Waals surface area contributed by atoms with Crippen molar-refractivity contribution in [3.63, 3.8) is 0 Å². The zero-order valence-corrected chi connectivity index (χ0v) is 15.4. The standard InChI is InChI=1S/C15H21F3N2O3S2/c1-2-24-8-4-7-20(10-14(19)21)25(22,23)11-12-5-3-6-13(9-12)15(16,17)18/h3,5-6,9H,2,4,7-8,10-11H2,1H3,(H2,19,21). The highest BCUT2D eigenvalue weighted by Crippen LogP contribution is 2.30. The number of halogens is 3. The van der Waals surface area contributed by atoms with Gasteiger partial charge >= 0.3 is 6.18 Å². The maximum atomic E-state index is 12.7. The van der Waals surface area contributed by atoms with Crippen LogP contribution in [-0.4, -0.2) is 43.2 Å². The average Bonchev–Trinajstić information content (AvgIpc) is 2.49. The fourth-order valence-electron chi connectivity index (χ4n) is 2.12. The van der Waals surface area contributed by atoms with Gasteiger partial charge in [0.05, 0.1) is 17.9 Å². The molecule has 25 heavy (non-hydrogen) atoms. The Hall–Kier alpha value is -1.26. The molecule has 0 saturated carbocycles. The van der Waals surface area contributed by atoms with Gasteiger partial charge in [-0.15, -0.1) is 0 Å². The van der Waals surface area contributed by atoms with E-state index in [1.54, 1.807) is 11.8 Å². The molecule has 1 rings (SSSR count). The highest BCUT2D eigenvalue weighted by atomic mass is 32.2. The first-order chi connectivity index (χ1) is 11.6. The van der Waals surface area contributed by atoms with E-state index < -0.39 is 40.0 Å². The topological polar surface area (TPSA) is 80.5 Å². The summed E-state index contributed by atoms with van der Waals surface area (Å²) in [6.45, 7) is 1.57. The van der Waals surface area contributed by atoms with E-state index in [2.05, 4.69) is 0 Å². The van der Waals surface area contributed by atoms with E-state index in [-0.39, 0.29) is 12.1 Å². The summed E-state index contributed by atoms with van der Waals surface area (Å²) < 4.78 is 64.2. The summed E-state index contributed by atoms with van der Waals surface area (Å²) in [5.41, 5.74) is 4.19. The Morgan fingerprint density at radius 1 is 1.32 bits per heavy atom. The number of thioether (sulfide) groups is 1. The van der Waals surface area contributed by atoms with Crippen LogP contribution in [-0.2, 0) is 26.7 Å². The highest BCUT2D eigenvalue weighted by molar-refractivity contribution is 7.99. The van der Waals surface area contributed by atoms with E-state index >= 15 is 0 Å². The van der Waals surface area contributed by atoms with Crippen LogP contribution in [0, 0.1) is 0 Å². The molecule has 10 heteroatoms. The lowest BCUT2D eigenvalue weighted by Gasteiger charge is -2.21. The van der Waals surface area contributed by atoms with E-state index in [4.69, 9.17) is 5.73 Å². The Bertz CT molecular complexity index is 679. The van der Waals surface area contributed by atoms with E-state index in [1.807, 2.05) is 6.92 Å². The average molecular weight is 398 g/mol. The summed E-state index contributed by atoms with van der Waals surface area (Å²) >= 11 is 1.63. The molecule has 0 fully saturated rings. The molecule has 0 unspecified atom stereocenters. The Labute approximate surface area is 149 Å². The summed E-state index contributed by atoms with van der Waals surface area (Å²) in [4.78, 5) is 11.1. The Balaban J connectivity index is 2.92. The number of rotatable bonds is 10. The molecular formula is C15H21F3N2O3S2. The number of carbonyl (C=O) groups excluding carboxylic acids is 1. The lowest BCUT2D eigenvalue weighted by Crippen LogP contribution is -2.39. The van der Waals surface area contributed by atoms with Gasteiger partial charge in [-0.1, -0.05) is 25.1 Å². The van der Waals surface area contributed by atoms with Crippen LogP contribution in [0.5, 0.6) is 0 Å². The molecule has 0 radical (unpaired) electrons. The lowest BCUT2D eigenvalue weighted by molar-refractivity contribution is -0.137. The molecule has 0 spiro atoms. The first-order valence-electron chi connectivity index (χ1n) is 7.56. The SMILES string of the molecule is CCSCCCN(CC(N)=O)S(=O)(=O)Cc1cccc(C(F)(F)F)c1. The fraction of sp³-hybridized carbons (Fsp3) is 0.533. The predicted octanol–water partition coefficient (Wildman–Crippen LogP) is 2.47. The Morgan fingerprint density at radius 3 is 2.56 bits per heavy atom. The van der Waals surface area contributed by atoms with Crippen LogP contribution < -0.4 is 5.73 Å². The van der Waals surface area contributed by atoms with Crippen molar-refractivity contribution in [1.82, 2.24) is 4.31 Å². The third kappa shape index (κ3) is 7.66. The largest absolute Gasteiger partial charge is 0.416 e. The molecule has 1 amide bonds. The maximum absolute atomic E-state index is 12.7. The lowest BCUT2D eigenvalue weighted by atomic mass is 10.1. The zero-order valence-electron chi connectivity index (χ0n) is 13.8. The molecule has 0 aromatic heterocycles. The number of primary amides is 1. The molecule has 0 aliphatic heterocycles. The van der Waals surface area contributed by atoms with Gasteiger partial charge in [0.15, 0.2) is 0 Å². The molecule has 0 heterocycles. The minimum absolute atomic E-state index is 0.00669. The van der Waals surface area contributed by atoms with Gasteiger partial charge in [0, 0.05) is 6.54 Å². The van der Waals surface area contributed by atoms with Gasteiger partial charge in [-0.2, -0.15) is 29.2 Å². The smallest absolute Gasteiger partial charge is 0.369 e. The van der Waals surface area contributed by atoms with Crippen molar-refractivity contribution >= 4 is 27.7 Å². The number of nitrogens with zero attached hydrogens (tertiary/aromatic N) is 1. The van der Waals surface area contributed by atoms with Crippen molar-refractivity contribution < 1.29 is 26.4 Å². The molecule has 0 atom stereocenters. The molecule has 1 aromatic carbocycles. The van der Waals surface area contributed by atoms with E-state index in [9.17, 15) is 26.4 Å². The second kappa shape index (κ2) is 9.44. The van der Waals surface area contributed by atoms with Crippen molar-refractivity contribution in [2.45, 2.75) is 25.3 Å². The molecule has 5 nitrogen and oxygen atoms in total. The minimum atomic E-state index is -4.55. The normalized spacial score (nSPS) is 12.5. The van der Waals surface area contributed by atoms with Crippen molar-refractivity contribution in [3.8, 4) is 0 Å². The van der Waals surface area contributed by atoms with E-state index in [0.717, 1.165) is 28.3 Å².